The number of hydrogen-bond donors (Lipinski definition) is 1. The maximum atomic E-state index is 14.2. The molecule has 5 heteroatoms. The van der Waals surface area contributed by atoms with Gasteiger partial charge in [-0.25, -0.2) is 9.18 Å². The molecular formula is C19H14BFO2P. The Labute approximate surface area is 141 Å². The standard InChI is InChI=1S/C19H13BFO2P/c20-24(14-7-3-1-4-8-14,15-9-5-2-6-10-15)16-11-12-17(19(22)23)18(21)13-16/h1-13H/q-1/p+1. The molecule has 0 unspecified atom stereocenters. The van der Waals surface area contributed by atoms with Crippen molar-refractivity contribution in [1.29, 1.82) is 0 Å². The minimum atomic E-state index is -2.54. The van der Waals surface area contributed by atoms with Gasteiger partial charge in [-0.2, -0.15) is 7.14 Å². The molecule has 0 heterocycles. The van der Waals surface area contributed by atoms with Crippen LogP contribution in [0.3, 0.4) is 0 Å². The Balaban J connectivity index is 2.23. The Morgan fingerprint density at radius 1 is 0.833 bits per heavy atom. The molecule has 1 N–H and O–H groups in total. The summed E-state index contributed by atoms with van der Waals surface area (Å²) < 4.78 is 14.2. The molecule has 0 aromatic heterocycles. The number of halogens is 1. The van der Waals surface area contributed by atoms with Crippen molar-refractivity contribution in [2.24, 2.45) is 0 Å². The van der Waals surface area contributed by atoms with Crippen molar-refractivity contribution in [2.45, 2.75) is 0 Å². The quantitative estimate of drug-likeness (QED) is 0.588. The third-order valence-corrected chi connectivity index (χ3v) is 7.24. The summed E-state index contributed by atoms with van der Waals surface area (Å²) in [5, 5.41) is 11.4. The first-order valence-electron chi connectivity index (χ1n) is 7.36. The molecule has 24 heavy (non-hydrogen) atoms. The van der Waals surface area contributed by atoms with E-state index >= 15 is 0 Å². The summed E-state index contributed by atoms with van der Waals surface area (Å²) in [4.78, 5) is 11.1. The van der Waals surface area contributed by atoms with Crippen molar-refractivity contribution < 1.29 is 14.3 Å². The van der Waals surface area contributed by atoms with Gasteiger partial charge in [-0.1, -0.05) is 36.4 Å². The molecule has 3 rings (SSSR count). The number of benzene rings is 3. The van der Waals surface area contributed by atoms with E-state index in [9.17, 15) is 9.18 Å². The van der Waals surface area contributed by atoms with Crippen molar-refractivity contribution in [1.82, 2.24) is 0 Å². The lowest BCUT2D eigenvalue weighted by Crippen LogP contribution is -2.31. The Bertz CT molecular complexity index is 830. The predicted molar refractivity (Wildman–Crippen MR) is 97.8 cm³/mol. The molecule has 0 amide bonds. The second-order valence-electron chi connectivity index (χ2n) is 5.36. The van der Waals surface area contributed by atoms with Gasteiger partial charge in [0.2, 0.25) is 0 Å². The molecule has 0 aliphatic carbocycles. The fourth-order valence-corrected chi connectivity index (χ4v) is 5.48. The molecule has 0 saturated heterocycles. The molecule has 0 aliphatic rings. The summed E-state index contributed by atoms with van der Waals surface area (Å²) in [5.74, 6) is -2.07. The third-order valence-electron chi connectivity index (χ3n) is 3.92. The highest BCUT2D eigenvalue weighted by Gasteiger charge is 2.28. The van der Waals surface area contributed by atoms with Crippen molar-refractivity contribution in [3.05, 3.63) is 90.2 Å². The van der Waals surface area contributed by atoms with E-state index in [-0.39, 0.29) is 5.56 Å². The van der Waals surface area contributed by atoms with Gasteiger partial charge >= 0.3 is 5.97 Å². The highest BCUT2D eigenvalue weighted by molar-refractivity contribution is 8.13. The normalized spacial score (nSPS) is 11.2. The number of rotatable bonds is 4. The van der Waals surface area contributed by atoms with E-state index in [0.29, 0.717) is 5.30 Å². The van der Waals surface area contributed by atoms with Gasteiger partial charge in [0.25, 0.3) is 0 Å². The SMILES string of the molecule is [B-][P+](c1ccccc1)(c1ccccc1)c1ccc(C(=O)O)c(F)c1. The summed E-state index contributed by atoms with van der Waals surface area (Å²) in [6, 6.07) is 23.2. The van der Waals surface area contributed by atoms with Crippen LogP contribution in [0.15, 0.2) is 78.9 Å². The minimum Gasteiger partial charge on any atom is -0.478 e. The molecule has 0 spiro atoms. The van der Waals surface area contributed by atoms with Crippen LogP contribution in [-0.2, 0) is 0 Å². The number of hydrogen-bond acceptors (Lipinski definition) is 1. The van der Waals surface area contributed by atoms with E-state index in [4.69, 9.17) is 12.7 Å². The Morgan fingerprint density at radius 3 is 1.75 bits per heavy atom. The van der Waals surface area contributed by atoms with Crippen molar-refractivity contribution in [3.8, 4) is 0 Å². The summed E-state index contributed by atoms with van der Waals surface area (Å²) in [6.07, 6.45) is 0. The van der Waals surface area contributed by atoms with Crippen LogP contribution < -0.4 is 15.9 Å². The van der Waals surface area contributed by atoms with E-state index in [1.54, 1.807) is 6.07 Å². The number of carbonyl (C=O) groups is 1. The first-order valence-corrected chi connectivity index (χ1v) is 9.21. The van der Waals surface area contributed by atoms with Crippen LogP contribution >= 0.6 is 7.14 Å². The van der Waals surface area contributed by atoms with Gasteiger partial charge in [0.1, 0.15) is 5.82 Å². The van der Waals surface area contributed by atoms with Crippen LogP contribution in [-0.4, -0.2) is 18.6 Å². The predicted octanol–water partition coefficient (Wildman–Crippen LogP) is 2.90. The molecular weight excluding hydrogens is 321 g/mol. The monoisotopic (exact) mass is 335 g/mol. The topological polar surface area (TPSA) is 37.3 Å². The average molecular weight is 335 g/mol. The van der Waals surface area contributed by atoms with Gasteiger partial charge in [0.15, 0.2) is 0 Å². The second kappa shape index (κ2) is 6.58. The van der Waals surface area contributed by atoms with Gasteiger partial charge in [-0.3, -0.25) is 7.57 Å². The summed E-state index contributed by atoms with van der Waals surface area (Å²) in [5.41, 5.74) is -0.355. The van der Waals surface area contributed by atoms with Gasteiger partial charge in [0.05, 0.1) is 21.5 Å². The highest BCUT2D eigenvalue weighted by atomic mass is 31.2. The van der Waals surface area contributed by atoms with Gasteiger partial charge < -0.3 is 5.11 Å². The lowest BCUT2D eigenvalue weighted by atomic mass is 10.2. The number of carboxylic acids is 1. The molecule has 117 valence electrons. The summed E-state index contributed by atoms with van der Waals surface area (Å²) >= 11 is 0. The van der Waals surface area contributed by atoms with Crippen molar-refractivity contribution in [2.75, 3.05) is 0 Å². The lowest BCUT2D eigenvalue weighted by molar-refractivity contribution is 0.0692. The van der Waals surface area contributed by atoms with Crippen LogP contribution in [0.5, 0.6) is 0 Å². The summed E-state index contributed by atoms with van der Waals surface area (Å²) in [7, 11) is 4.32. The van der Waals surface area contributed by atoms with E-state index < -0.39 is 18.9 Å². The Kier molecular flexibility index (Phi) is 4.50. The summed E-state index contributed by atoms with van der Waals surface area (Å²) in [6.45, 7) is 0. The molecule has 3 radical (unpaired) electrons. The molecule has 0 atom stereocenters. The molecule has 0 fully saturated rings. The maximum absolute atomic E-state index is 14.2. The zero-order valence-electron chi connectivity index (χ0n) is 12.8. The molecule has 3 aromatic carbocycles. The lowest BCUT2D eigenvalue weighted by Gasteiger charge is -2.36. The highest BCUT2D eigenvalue weighted by Crippen LogP contribution is 2.50. The van der Waals surface area contributed by atoms with Crippen molar-refractivity contribution in [3.63, 3.8) is 0 Å². The van der Waals surface area contributed by atoms with Gasteiger partial charge in [-0.15, -0.1) is 0 Å². The van der Waals surface area contributed by atoms with Crippen LogP contribution in [0.25, 0.3) is 0 Å². The first-order chi connectivity index (χ1) is 11.5. The fraction of sp³-hybridized carbons (Fsp3) is 0. The molecule has 0 bridgehead atoms. The zero-order valence-corrected chi connectivity index (χ0v) is 13.7. The Morgan fingerprint density at radius 2 is 1.33 bits per heavy atom. The number of aromatic carboxylic acids is 1. The molecule has 2 nitrogen and oxygen atoms in total. The third kappa shape index (κ3) is 2.86. The zero-order chi connectivity index (χ0) is 17.2. The van der Waals surface area contributed by atoms with E-state index in [1.807, 2.05) is 60.7 Å². The van der Waals surface area contributed by atoms with E-state index in [1.165, 1.54) is 12.1 Å². The van der Waals surface area contributed by atoms with E-state index in [2.05, 4.69) is 0 Å². The van der Waals surface area contributed by atoms with Crippen molar-refractivity contribution >= 4 is 36.6 Å². The van der Waals surface area contributed by atoms with Crippen LogP contribution in [0, 0.1) is 5.82 Å². The minimum absolute atomic E-state index is 0.355. The first kappa shape index (κ1) is 16.4. The largest absolute Gasteiger partial charge is 0.478 e. The molecule has 3 aromatic rings. The van der Waals surface area contributed by atoms with Crippen LogP contribution in [0.1, 0.15) is 10.4 Å². The fourth-order valence-electron chi connectivity index (χ4n) is 2.67. The molecule has 0 saturated carbocycles. The maximum Gasteiger partial charge on any atom is 0.338 e. The van der Waals surface area contributed by atoms with Gasteiger partial charge in [-0.05, 0) is 36.4 Å². The average Bonchev–Trinajstić information content (AvgIpc) is 2.62. The van der Waals surface area contributed by atoms with Crippen LogP contribution in [0.2, 0.25) is 0 Å². The molecule has 0 aliphatic heterocycles. The second-order valence-corrected chi connectivity index (χ2v) is 8.36. The number of carboxylic acid groups (broad SMARTS) is 1. The Hall–Kier alpha value is -2.45. The van der Waals surface area contributed by atoms with Gasteiger partial charge in [0, 0.05) is 6.07 Å². The smallest absolute Gasteiger partial charge is 0.338 e. The van der Waals surface area contributed by atoms with Crippen LogP contribution in [0.4, 0.5) is 4.39 Å². The van der Waals surface area contributed by atoms with E-state index in [0.717, 1.165) is 10.6 Å².